The fraction of sp³-hybridized carbons (Fsp3) is 0.0500. The first-order chi connectivity index (χ1) is 13.1. The molecule has 0 aliphatic carbocycles. The van der Waals surface area contributed by atoms with E-state index in [1.165, 1.54) is 37.5 Å². The molecule has 3 aromatic rings. The number of nitro groups is 1. The van der Waals surface area contributed by atoms with Crippen LogP contribution >= 0.6 is 0 Å². The van der Waals surface area contributed by atoms with Gasteiger partial charge in [-0.15, -0.1) is 0 Å². The van der Waals surface area contributed by atoms with Crippen molar-refractivity contribution in [3.63, 3.8) is 0 Å². The van der Waals surface area contributed by atoms with Gasteiger partial charge < -0.3 is 14.5 Å². The summed E-state index contributed by atoms with van der Waals surface area (Å²) in [5.74, 6) is 0.899. The molecule has 2 aromatic carbocycles. The topological polar surface area (TPSA) is 94.6 Å². The number of hydrogen-bond donors (Lipinski definition) is 1. The van der Waals surface area contributed by atoms with Crippen molar-refractivity contribution in [2.24, 2.45) is 0 Å². The molecule has 0 aliphatic rings. The van der Waals surface area contributed by atoms with Crippen molar-refractivity contribution in [3.05, 3.63) is 82.6 Å². The molecule has 1 aromatic heterocycles. The number of ether oxygens (including phenoxy) is 1. The number of furan rings is 1. The van der Waals surface area contributed by atoms with Crippen LogP contribution in [0.4, 0.5) is 11.4 Å². The van der Waals surface area contributed by atoms with Crippen molar-refractivity contribution < 1.29 is 18.9 Å². The smallest absolute Gasteiger partial charge is 0.312 e. The summed E-state index contributed by atoms with van der Waals surface area (Å²) in [6, 6.07) is 17.4. The lowest BCUT2D eigenvalue weighted by Gasteiger charge is -2.05. The van der Waals surface area contributed by atoms with Crippen LogP contribution in [0, 0.1) is 10.1 Å². The second-order valence-corrected chi connectivity index (χ2v) is 5.53. The number of anilines is 1. The second-order valence-electron chi connectivity index (χ2n) is 5.53. The van der Waals surface area contributed by atoms with Gasteiger partial charge in [-0.2, -0.15) is 0 Å². The number of hydrogen-bond acceptors (Lipinski definition) is 5. The van der Waals surface area contributed by atoms with Crippen LogP contribution in [0.5, 0.6) is 5.75 Å². The molecule has 0 radical (unpaired) electrons. The molecule has 0 fully saturated rings. The minimum absolute atomic E-state index is 0.123. The van der Waals surface area contributed by atoms with E-state index in [1.807, 2.05) is 36.4 Å². The van der Waals surface area contributed by atoms with Gasteiger partial charge in [0.25, 0.3) is 0 Å². The Bertz CT molecular complexity index is 993. The zero-order valence-corrected chi connectivity index (χ0v) is 14.4. The van der Waals surface area contributed by atoms with E-state index in [0.29, 0.717) is 17.2 Å². The van der Waals surface area contributed by atoms with Gasteiger partial charge >= 0.3 is 5.69 Å². The minimum atomic E-state index is -0.571. The van der Waals surface area contributed by atoms with Crippen LogP contribution in [0.3, 0.4) is 0 Å². The Morgan fingerprint density at radius 3 is 2.63 bits per heavy atom. The second kappa shape index (κ2) is 8.01. The van der Waals surface area contributed by atoms with Crippen molar-refractivity contribution in [1.29, 1.82) is 0 Å². The molecule has 136 valence electrons. The van der Waals surface area contributed by atoms with Crippen molar-refractivity contribution in [2.45, 2.75) is 0 Å². The van der Waals surface area contributed by atoms with Crippen LogP contribution < -0.4 is 10.1 Å². The van der Waals surface area contributed by atoms with Gasteiger partial charge in [0.15, 0.2) is 5.75 Å². The molecule has 0 saturated heterocycles. The summed E-state index contributed by atoms with van der Waals surface area (Å²) in [4.78, 5) is 22.5. The Kier molecular flexibility index (Phi) is 5.32. The van der Waals surface area contributed by atoms with Crippen molar-refractivity contribution in [1.82, 2.24) is 0 Å². The van der Waals surface area contributed by atoms with E-state index in [-0.39, 0.29) is 11.4 Å². The zero-order valence-electron chi connectivity index (χ0n) is 14.4. The van der Waals surface area contributed by atoms with E-state index < -0.39 is 10.8 Å². The van der Waals surface area contributed by atoms with Gasteiger partial charge in [0.2, 0.25) is 5.91 Å². The largest absolute Gasteiger partial charge is 0.490 e. The lowest BCUT2D eigenvalue weighted by Crippen LogP contribution is -2.08. The third kappa shape index (κ3) is 4.40. The van der Waals surface area contributed by atoms with Crippen LogP contribution in [0.15, 0.2) is 71.2 Å². The van der Waals surface area contributed by atoms with Crippen LogP contribution in [0.2, 0.25) is 0 Å². The standard InChI is InChI=1S/C20H16N2O5/c1-26-19-10-7-15(13-17(19)22(24)25)21-20(23)12-9-16-8-11-18(27-16)14-5-3-2-4-6-14/h2-13H,1H3,(H,21,23)/b12-9+. The molecule has 1 amide bonds. The van der Waals surface area contributed by atoms with Crippen LogP contribution in [0.1, 0.15) is 5.76 Å². The monoisotopic (exact) mass is 364 g/mol. The number of benzene rings is 2. The molecular weight excluding hydrogens is 348 g/mol. The number of nitrogens with one attached hydrogen (secondary N) is 1. The molecule has 3 rings (SSSR count). The van der Waals surface area contributed by atoms with Gasteiger partial charge in [0, 0.05) is 23.4 Å². The molecular formula is C20H16N2O5. The van der Waals surface area contributed by atoms with Gasteiger partial charge in [-0.1, -0.05) is 30.3 Å². The fourth-order valence-electron chi connectivity index (χ4n) is 2.45. The first kappa shape index (κ1) is 17.9. The van der Waals surface area contributed by atoms with E-state index in [4.69, 9.17) is 9.15 Å². The van der Waals surface area contributed by atoms with Crippen LogP contribution in [0.25, 0.3) is 17.4 Å². The number of nitrogens with zero attached hydrogens (tertiary/aromatic N) is 1. The van der Waals surface area contributed by atoms with Crippen molar-refractivity contribution in [3.8, 4) is 17.1 Å². The number of carbonyl (C=O) groups excluding carboxylic acids is 1. The maximum absolute atomic E-state index is 12.1. The summed E-state index contributed by atoms with van der Waals surface area (Å²) < 4.78 is 10.6. The summed E-state index contributed by atoms with van der Waals surface area (Å²) in [6.45, 7) is 0. The average molecular weight is 364 g/mol. The predicted molar refractivity (Wildman–Crippen MR) is 101 cm³/mol. The third-order valence-corrected chi connectivity index (χ3v) is 3.73. The summed E-state index contributed by atoms with van der Waals surface area (Å²) in [6.07, 6.45) is 2.82. The number of methoxy groups -OCH3 is 1. The Balaban J connectivity index is 1.68. The fourth-order valence-corrected chi connectivity index (χ4v) is 2.45. The molecule has 0 spiro atoms. The molecule has 7 heteroatoms. The Hall–Kier alpha value is -3.87. The van der Waals surface area contributed by atoms with Crippen molar-refractivity contribution in [2.75, 3.05) is 12.4 Å². The summed E-state index contributed by atoms with van der Waals surface area (Å²) in [7, 11) is 1.34. The summed E-state index contributed by atoms with van der Waals surface area (Å²) in [5, 5.41) is 13.6. The first-order valence-electron chi connectivity index (χ1n) is 8.03. The molecule has 27 heavy (non-hydrogen) atoms. The van der Waals surface area contributed by atoms with Crippen LogP contribution in [-0.2, 0) is 4.79 Å². The molecule has 0 bridgehead atoms. The van der Waals surface area contributed by atoms with Crippen LogP contribution in [-0.4, -0.2) is 17.9 Å². The van der Waals surface area contributed by atoms with Crippen molar-refractivity contribution >= 4 is 23.4 Å². The van der Waals surface area contributed by atoms with E-state index in [9.17, 15) is 14.9 Å². The Morgan fingerprint density at radius 2 is 1.93 bits per heavy atom. The summed E-state index contributed by atoms with van der Waals surface area (Å²) in [5.41, 5.74) is 1.01. The zero-order chi connectivity index (χ0) is 19.2. The highest BCUT2D eigenvalue weighted by molar-refractivity contribution is 6.02. The number of rotatable bonds is 6. The SMILES string of the molecule is COc1ccc(NC(=O)/C=C/c2ccc(-c3ccccc3)o2)cc1[N+](=O)[O-]. The van der Waals surface area contributed by atoms with Gasteiger partial charge in [-0.25, -0.2) is 0 Å². The van der Waals surface area contributed by atoms with Gasteiger partial charge in [-0.3, -0.25) is 14.9 Å². The minimum Gasteiger partial charge on any atom is -0.490 e. The van der Waals surface area contributed by atoms with E-state index in [1.54, 1.807) is 6.07 Å². The highest BCUT2D eigenvalue weighted by Gasteiger charge is 2.15. The van der Waals surface area contributed by atoms with E-state index in [0.717, 1.165) is 5.56 Å². The number of nitro benzene ring substituents is 1. The summed E-state index contributed by atoms with van der Waals surface area (Å²) >= 11 is 0. The van der Waals surface area contributed by atoms with Gasteiger partial charge in [0.1, 0.15) is 11.5 Å². The molecule has 0 aliphatic heterocycles. The number of amides is 1. The molecule has 0 unspecified atom stereocenters. The molecule has 1 N–H and O–H groups in total. The molecule has 0 saturated carbocycles. The average Bonchev–Trinajstić information content (AvgIpc) is 3.16. The normalized spacial score (nSPS) is 10.7. The quantitative estimate of drug-likeness (QED) is 0.394. The third-order valence-electron chi connectivity index (χ3n) is 3.73. The number of carbonyl (C=O) groups is 1. The molecule has 0 atom stereocenters. The lowest BCUT2D eigenvalue weighted by molar-refractivity contribution is -0.385. The van der Waals surface area contributed by atoms with Gasteiger partial charge in [-0.05, 0) is 30.3 Å². The molecule has 7 nitrogen and oxygen atoms in total. The lowest BCUT2D eigenvalue weighted by atomic mass is 10.2. The first-order valence-corrected chi connectivity index (χ1v) is 8.03. The maximum Gasteiger partial charge on any atom is 0.312 e. The Labute approximate surface area is 155 Å². The molecule has 1 heterocycles. The highest BCUT2D eigenvalue weighted by Crippen LogP contribution is 2.29. The van der Waals surface area contributed by atoms with E-state index in [2.05, 4.69) is 5.32 Å². The maximum atomic E-state index is 12.1. The van der Waals surface area contributed by atoms with E-state index >= 15 is 0 Å². The Morgan fingerprint density at radius 1 is 1.15 bits per heavy atom. The highest BCUT2D eigenvalue weighted by atomic mass is 16.6. The van der Waals surface area contributed by atoms with Gasteiger partial charge in [0.05, 0.1) is 12.0 Å². The predicted octanol–water partition coefficient (Wildman–Crippen LogP) is 4.52.